The first kappa shape index (κ1) is 45.6. The molecule has 1 unspecified atom stereocenters. The van der Waals surface area contributed by atoms with Crippen molar-refractivity contribution < 1.29 is 28.6 Å². The summed E-state index contributed by atoms with van der Waals surface area (Å²) in [6, 6.07) is 11.0. The number of hydrogen-bond acceptors (Lipinski definition) is 10. The molecule has 10 heteroatoms. The Morgan fingerprint density at radius 2 is 0.923 bits per heavy atom. The fraction of sp³-hybridized carbons (Fsp3) is 0.786. The first-order valence-electron chi connectivity index (χ1n) is 19.6. The smallest absolute Gasteiger partial charge is 0.320 e. The summed E-state index contributed by atoms with van der Waals surface area (Å²) in [4.78, 5) is 48.3. The molecule has 1 atom stereocenters. The van der Waals surface area contributed by atoms with Gasteiger partial charge in [0.05, 0.1) is 19.6 Å². The van der Waals surface area contributed by atoms with Gasteiger partial charge >= 0.3 is 17.9 Å². The number of ether oxygens (including phenoxy) is 3. The Kier molecular flexibility index (Phi) is 18.2. The van der Waals surface area contributed by atoms with Crippen LogP contribution in [0.15, 0.2) is 30.3 Å². The van der Waals surface area contributed by atoms with Crippen molar-refractivity contribution in [3.8, 4) is 0 Å². The molecule has 2 rings (SSSR count). The number of carbonyl (C=O) groups is 3. The van der Waals surface area contributed by atoms with Gasteiger partial charge in [-0.15, -0.1) is 0 Å². The second-order valence-electron chi connectivity index (χ2n) is 18.8. The van der Waals surface area contributed by atoms with Crippen LogP contribution in [0.2, 0.25) is 0 Å². The minimum Gasteiger partial charge on any atom is -0.459 e. The monoisotopic (exact) mass is 731 g/mol. The third kappa shape index (κ3) is 21.9. The molecule has 1 aromatic carbocycles. The topological polar surface area (TPSA) is 91.9 Å². The second kappa shape index (κ2) is 20.8. The molecule has 0 amide bonds. The Labute approximate surface area is 316 Å². The lowest BCUT2D eigenvalue weighted by Gasteiger charge is -2.39. The van der Waals surface area contributed by atoms with Gasteiger partial charge in [0.25, 0.3) is 0 Å². The van der Waals surface area contributed by atoms with Crippen molar-refractivity contribution in [2.24, 2.45) is 5.41 Å². The quantitative estimate of drug-likeness (QED) is 0.128. The van der Waals surface area contributed by atoms with E-state index in [0.29, 0.717) is 45.3 Å². The van der Waals surface area contributed by atoms with E-state index >= 15 is 0 Å². The average molecular weight is 731 g/mol. The molecule has 10 nitrogen and oxygen atoms in total. The molecule has 0 radical (unpaired) electrons. The van der Waals surface area contributed by atoms with Crippen LogP contribution in [-0.2, 0) is 35.0 Å². The van der Waals surface area contributed by atoms with Gasteiger partial charge in [-0.25, -0.2) is 0 Å². The molecule has 0 aromatic heterocycles. The highest BCUT2D eigenvalue weighted by molar-refractivity contribution is 5.73. The molecule has 1 fully saturated rings. The minimum atomic E-state index is -0.594. The number of nitrogens with zero attached hydrogens (tertiary/aromatic N) is 4. The maximum Gasteiger partial charge on any atom is 0.320 e. The molecule has 1 saturated heterocycles. The van der Waals surface area contributed by atoms with Gasteiger partial charge in [0.2, 0.25) is 0 Å². The van der Waals surface area contributed by atoms with E-state index in [9.17, 15) is 14.4 Å². The molecule has 298 valence electrons. The van der Waals surface area contributed by atoms with Crippen LogP contribution in [0.1, 0.15) is 114 Å². The van der Waals surface area contributed by atoms with Gasteiger partial charge in [-0.1, -0.05) is 57.5 Å². The van der Waals surface area contributed by atoms with E-state index in [1.807, 2.05) is 62.3 Å². The Bertz CT molecular complexity index is 1170. The van der Waals surface area contributed by atoms with E-state index in [4.69, 9.17) is 14.2 Å². The number of esters is 3. The summed E-state index contributed by atoms with van der Waals surface area (Å²) in [7, 11) is 0. The molecule has 1 aliphatic heterocycles. The van der Waals surface area contributed by atoms with E-state index in [1.54, 1.807) is 0 Å². The molecule has 0 spiro atoms. The summed E-state index contributed by atoms with van der Waals surface area (Å²) in [5.41, 5.74) is -0.245. The van der Waals surface area contributed by atoms with Crippen LogP contribution in [0.4, 0.5) is 0 Å². The molecule has 52 heavy (non-hydrogen) atoms. The maximum absolute atomic E-state index is 13.1. The molecule has 0 bridgehead atoms. The molecule has 0 saturated carbocycles. The summed E-state index contributed by atoms with van der Waals surface area (Å²) in [5, 5.41) is 0. The summed E-state index contributed by atoms with van der Waals surface area (Å²) >= 11 is 0. The summed E-state index contributed by atoms with van der Waals surface area (Å²) in [6.45, 7) is 29.6. The SMILES string of the molecule is CC(C)(C)CC(CCCCc1ccccc1)N1CCN(CC(=O)OC(C)(C)C)CCN(CC(=O)OC(C)(C)C)CCN(CC(=O)OC(C)(C)C)CC1. The average Bonchev–Trinajstić information content (AvgIpc) is 2.95. The van der Waals surface area contributed by atoms with E-state index in [2.05, 4.69) is 70.7 Å². The van der Waals surface area contributed by atoms with Crippen molar-refractivity contribution in [3.63, 3.8) is 0 Å². The molecular weight excluding hydrogens is 656 g/mol. The van der Waals surface area contributed by atoms with E-state index < -0.39 is 16.8 Å². The Hall–Kier alpha value is -2.53. The molecule has 0 N–H and O–H groups in total. The first-order valence-corrected chi connectivity index (χ1v) is 19.6. The number of aryl methyl sites for hydroxylation is 1. The molecular formula is C42H74N4O6. The van der Waals surface area contributed by atoms with E-state index in [-0.39, 0.29) is 43.0 Å². The van der Waals surface area contributed by atoms with Crippen molar-refractivity contribution in [1.82, 2.24) is 19.6 Å². The third-order valence-corrected chi connectivity index (χ3v) is 8.65. The lowest BCUT2D eigenvalue weighted by molar-refractivity contribution is -0.158. The molecule has 0 aliphatic carbocycles. The minimum absolute atomic E-state index is 0.126. The van der Waals surface area contributed by atoms with Crippen LogP contribution in [0, 0.1) is 5.41 Å². The zero-order chi connectivity index (χ0) is 39.2. The van der Waals surface area contributed by atoms with Crippen molar-refractivity contribution >= 4 is 17.9 Å². The van der Waals surface area contributed by atoms with Gasteiger partial charge in [0, 0.05) is 58.4 Å². The maximum atomic E-state index is 13.1. The lowest BCUT2D eigenvalue weighted by Crippen LogP contribution is -2.51. The van der Waals surface area contributed by atoms with Gasteiger partial charge in [-0.05, 0) is 99.0 Å². The predicted molar refractivity (Wildman–Crippen MR) is 210 cm³/mol. The van der Waals surface area contributed by atoms with Crippen LogP contribution in [0.25, 0.3) is 0 Å². The Morgan fingerprint density at radius 1 is 0.558 bits per heavy atom. The normalized spacial score (nSPS) is 17.8. The number of benzene rings is 1. The summed E-state index contributed by atoms with van der Waals surface area (Å²) in [6.07, 6.45) is 5.43. The van der Waals surface area contributed by atoms with Crippen molar-refractivity contribution in [2.75, 3.05) is 72.0 Å². The van der Waals surface area contributed by atoms with Crippen molar-refractivity contribution in [2.45, 2.75) is 138 Å². The predicted octanol–water partition coefficient (Wildman–Crippen LogP) is 6.45. The molecule has 1 heterocycles. The molecule has 1 aromatic rings. The van der Waals surface area contributed by atoms with Crippen molar-refractivity contribution in [3.05, 3.63) is 35.9 Å². The van der Waals surface area contributed by atoms with Gasteiger partial charge in [-0.2, -0.15) is 0 Å². The fourth-order valence-electron chi connectivity index (χ4n) is 6.54. The highest BCUT2D eigenvalue weighted by Gasteiger charge is 2.29. The Morgan fingerprint density at radius 3 is 1.27 bits per heavy atom. The zero-order valence-electron chi connectivity index (χ0n) is 35.0. The van der Waals surface area contributed by atoms with Gasteiger partial charge in [-0.3, -0.25) is 34.0 Å². The number of rotatable bonds is 13. The summed E-state index contributed by atoms with van der Waals surface area (Å²) < 4.78 is 17.2. The number of unbranched alkanes of at least 4 members (excludes halogenated alkanes) is 1. The zero-order valence-corrected chi connectivity index (χ0v) is 35.0. The third-order valence-electron chi connectivity index (χ3n) is 8.65. The summed E-state index contributed by atoms with van der Waals surface area (Å²) in [5.74, 6) is -0.790. The van der Waals surface area contributed by atoms with Gasteiger partial charge < -0.3 is 14.2 Å². The highest BCUT2D eigenvalue weighted by Crippen LogP contribution is 2.27. The number of hydrogen-bond donors (Lipinski definition) is 0. The van der Waals surface area contributed by atoms with Crippen LogP contribution in [-0.4, -0.2) is 132 Å². The van der Waals surface area contributed by atoms with Crippen LogP contribution in [0.3, 0.4) is 0 Å². The number of carbonyl (C=O) groups excluding carboxylic acids is 3. The van der Waals surface area contributed by atoms with Crippen LogP contribution >= 0.6 is 0 Å². The molecule has 1 aliphatic rings. The van der Waals surface area contributed by atoms with Gasteiger partial charge in [0.15, 0.2) is 0 Å². The van der Waals surface area contributed by atoms with Crippen LogP contribution in [0.5, 0.6) is 0 Å². The first-order chi connectivity index (χ1) is 24.0. The highest BCUT2D eigenvalue weighted by atomic mass is 16.6. The van der Waals surface area contributed by atoms with Crippen molar-refractivity contribution in [1.29, 1.82) is 0 Å². The van der Waals surface area contributed by atoms with Gasteiger partial charge in [0.1, 0.15) is 16.8 Å². The lowest BCUT2D eigenvalue weighted by atomic mass is 9.85. The van der Waals surface area contributed by atoms with Crippen LogP contribution < -0.4 is 0 Å². The fourth-order valence-corrected chi connectivity index (χ4v) is 6.54. The standard InChI is InChI=1S/C42H74N4O6/c1-39(2,3)30-35(21-17-16-20-34-18-14-13-15-19-34)46-28-26-44(32-37(48)51-41(7,8)9)24-22-43(31-36(47)50-40(4,5)6)23-25-45(27-29-46)33-38(49)52-42(10,11)12/h13-15,18-19,35H,16-17,20-33H2,1-12H3. The largest absolute Gasteiger partial charge is 0.459 e. The second-order valence-corrected chi connectivity index (χ2v) is 18.8. The van der Waals surface area contributed by atoms with E-state index in [1.165, 1.54) is 5.56 Å². The Balaban J connectivity index is 2.38. The van der Waals surface area contributed by atoms with E-state index in [0.717, 1.165) is 45.2 Å².